The molecule has 1 unspecified atom stereocenters. The van der Waals surface area contributed by atoms with Crippen molar-refractivity contribution in [3.8, 4) is 5.75 Å². The van der Waals surface area contributed by atoms with E-state index in [0.717, 1.165) is 16.9 Å². The largest absolute Gasteiger partial charge is 0.497 e. The van der Waals surface area contributed by atoms with Crippen LogP contribution < -0.4 is 4.74 Å². The van der Waals surface area contributed by atoms with E-state index in [1.165, 1.54) is 5.57 Å². The zero-order chi connectivity index (χ0) is 16.3. The van der Waals surface area contributed by atoms with Crippen LogP contribution in [0, 0.1) is 0 Å². The molecule has 0 fully saturated rings. The number of carbonyl (C=O) groups excluding carboxylic acids is 1. The van der Waals surface area contributed by atoms with Crippen LogP contribution in [0.25, 0.3) is 5.57 Å². The van der Waals surface area contributed by atoms with E-state index in [-0.39, 0.29) is 5.78 Å². The molecular formula is C21H20O2. The molecule has 0 aliphatic heterocycles. The summed E-state index contributed by atoms with van der Waals surface area (Å²) in [5, 5.41) is 0. The average Bonchev–Trinajstić information content (AvgIpc) is 2.62. The second-order valence-electron chi connectivity index (χ2n) is 5.85. The highest BCUT2D eigenvalue weighted by Crippen LogP contribution is 2.40. The summed E-state index contributed by atoms with van der Waals surface area (Å²) in [4.78, 5) is 12.5. The number of hydrogen-bond acceptors (Lipinski definition) is 2. The van der Waals surface area contributed by atoms with Gasteiger partial charge in [-0.25, -0.2) is 0 Å². The Labute approximate surface area is 137 Å². The summed E-state index contributed by atoms with van der Waals surface area (Å²) in [5.74, 6) is 0.950. The molecule has 1 aliphatic rings. The molecule has 2 heteroatoms. The Morgan fingerprint density at radius 1 is 1.04 bits per heavy atom. The zero-order valence-corrected chi connectivity index (χ0v) is 13.5. The van der Waals surface area contributed by atoms with E-state index >= 15 is 0 Å². The lowest BCUT2D eigenvalue weighted by molar-refractivity contribution is -0.120. The van der Waals surface area contributed by atoms with Gasteiger partial charge in [-0.3, -0.25) is 4.79 Å². The summed E-state index contributed by atoms with van der Waals surface area (Å²) < 4.78 is 5.23. The van der Waals surface area contributed by atoms with Crippen molar-refractivity contribution in [2.45, 2.75) is 18.8 Å². The van der Waals surface area contributed by atoms with Gasteiger partial charge in [-0.2, -0.15) is 0 Å². The van der Waals surface area contributed by atoms with Crippen LogP contribution in [0.1, 0.15) is 24.5 Å². The minimum atomic E-state index is -0.605. The third kappa shape index (κ3) is 2.85. The molecule has 0 aromatic heterocycles. The van der Waals surface area contributed by atoms with Crippen molar-refractivity contribution in [1.29, 1.82) is 0 Å². The number of rotatable bonds is 4. The van der Waals surface area contributed by atoms with Crippen molar-refractivity contribution in [1.82, 2.24) is 0 Å². The van der Waals surface area contributed by atoms with Crippen LogP contribution in [0.2, 0.25) is 0 Å². The van der Waals surface area contributed by atoms with Gasteiger partial charge < -0.3 is 4.74 Å². The lowest BCUT2D eigenvalue weighted by atomic mass is 9.69. The van der Waals surface area contributed by atoms with Crippen LogP contribution in [-0.4, -0.2) is 12.9 Å². The van der Waals surface area contributed by atoms with Crippen molar-refractivity contribution >= 4 is 11.4 Å². The van der Waals surface area contributed by atoms with E-state index in [1.54, 1.807) is 14.0 Å². The number of ether oxygens (including phenoxy) is 1. The van der Waals surface area contributed by atoms with E-state index in [9.17, 15) is 4.79 Å². The fraction of sp³-hybridized carbons (Fsp3) is 0.190. The molecular weight excluding hydrogens is 284 g/mol. The summed E-state index contributed by atoms with van der Waals surface area (Å²) in [7, 11) is 1.65. The highest BCUT2D eigenvalue weighted by Gasteiger charge is 2.37. The SMILES string of the molecule is COc1ccc(C2(C(C)=O)C=CC=C(c3ccccc3)C2)cc1. The molecule has 0 bridgehead atoms. The molecule has 116 valence electrons. The molecule has 2 aromatic carbocycles. The monoisotopic (exact) mass is 304 g/mol. The Morgan fingerprint density at radius 2 is 1.74 bits per heavy atom. The first-order valence-corrected chi connectivity index (χ1v) is 7.75. The Morgan fingerprint density at radius 3 is 2.35 bits per heavy atom. The van der Waals surface area contributed by atoms with Crippen molar-refractivity contribution in [2.24, 2.45) is 0 Å². The van der Waals surface area contributed by atoms with Crippen molar-refractivity contribution in [3.05, 3.63) is 84.0 Å². The second kappa shape index (κ2) is 6.25. The van der Waals surface area contributed by atoms with Gasteiger partial charge in [0.25, 0.3) is 0 Å². The quantitative estimate of drug-likeness (QED) is 0.827. The van der Waals surface area contributed by atoms with Crippen molar-refractivity contribution < 1.29 is 9.53 Å². The molecule has 2 nitrogen and oxygen atoms in total. The molecule has 0 N–H and O–H groups in total. The first-order chi connectivity index (χ1) is 11.2. The van der Waals surface area contributed by atoms with Gasteiger partial charge in [-0.05, 0) is 42.2 Å². The first-order valence-electron chi connectivity index (χ1n) is 7.75. The zero-order valence-electron chi connectivity index (χ0n) is 13.5. The summed E-state index contributed by atoms with van der Waals surface area (Å²) in [6.45, 7) is 1.67. The minimum Gasteiger partial charge on any atom is -0.497 e. The number of carbonyl (C=O) groups is 1. The first kappa shape index (κ1) is 15.3. The van der Waals surface area contributed by atoms with Crippen LogP contribution in [0.4, 0.5) is 0 Å². The minimum absolute atomic E-state index is 0.153. The van der Waals surface area contributed by atoms with Crippen LogP contribution in [0.5, 0.6) is 5.75 Å². The normalized spacial score (nSPS) is 20.0. The van der Waals surface area contributed by atoms with E-state index in [2.05, 4.69) is 18.2 Å². The van der Waals surface area contributed by atoms with Gasteiger partial charge in [0, 0.05) is 0 Å². The lowest BCUT2D eigenvalue weighted by Gasteiger charge is -2.32. The smallest absolute Gasteiger partial charge is 0.144 e. The molecule has 1 atom stereocenters. The number of allylic oxidation sites excluding steroid dienone is 4. The Kier molecular flexibility index (Phi) is 4.16. The standard InChI is InChI=1S/C21H20O2/c1-16(22)21(19-10-12-20(23-2)13-11-19)14-6-9-18(15-21)17-7-4-3-5-8-17/h3-14H,15H2,1-2H3. The maximum Gasteiger partial charge on any atom is 0.144 e. The van der Waals surface area contributed by atoms with Gasteiger partial charge in [0.1, 0.15) is 11.5 Å². The van der Waals surface area contributed by atoms with Gasteiger partial charge in [0.05, 0.1) is 12.5 Å². The van der Waals surface area contributed by atoms with Gasteiger partial charge in [-0.1, -0.05) is 60.7 Å². The van der Waals surface area contributed by atoms with Crippen LogP contribution in [0.3, 0.4) is 0 Å². The number of hydrogen-bond donors (Lipinski definition) is 0. The molecule has 23 heavy (non-hydrogen) atoms. The molecule has 3 rings (SSSR count). The van der Waals surface area contributed by atoms with E-state index in [1.807, 2.05) is 54.6 Å². The third-order valence-electron chi connectivity index (χ3n) is 4.53. The Bertz CT molecular complexity index is 754. The number of Topliss-reactive ketones (excluding diaryl/α,β-unsaturated/α-hetero) is 1. The van der Waals surface area contributed by atoms with Crippen molar-refractivity contribution in [2.75, 3.05) is 7.11 Å². The van der Waals surface area contributed by atoms with E-state index < -0.39 is 5.41 Å². The highest BCUT2D eigenvalue weighted by molar-refractivity contribution is 5.94. The molecule has 0 saturated heterocycles. The van der Waals surface area contributed by atoms with Crippen LogP contribution in [0.15, 0.2) is 72.8 Å². The number of methoxy groups -OCH3 is 1. The summed E-state index contributed by atoms with van der Waals surface area (Å²) >= 11 is 0. The average molecular weight is 304 g/mol. The number of ketones is 1. The van der Waals surface area contributed by atoms with Crippen LogP contribution in [-0.2, 0) is 10.2 Å². The lowest BCUT2D eigenvalue weighted by Crippen LogP contribution is -2.33. The fourth-order valence-corrected chi connectivity index (χ4v) is 3.13. The fourth-order valence-electron chi connectivity index (χ4n) is 3.13. The highest BCUT2D eigenvalue weighted by atomic mass is 16.5. The maximum absolute atomic E-state index is 12.5. The molecule has 0 heterocycles. The predicted molar refractivity (Wildman–Crippen MR) is 93.5 cm³/mol. The number of benzene rings is 2. The Balaban J connectivity index is 2.01. The molecule has 1 aliphatic carbocycles. The maximum atomic E-state index is 12.5. The predicted octanol–water partition coefficient (Wildman–Crippen LogP) is 4.57. The molecule has 2 aromatic rings. The van der Waals surface area contributed by atoms with Crippen molar-refractivity contribution in [3.63, 3.8) is 0 Å². The molecule has 0 radical (unpaired) electrons. The summed E-state index contributed by atoms with van der Waals surface area (Å²) in [5.41, 5.74) is 2.74. The summed E-state index contributed by atoms with van der Waals surface area (Å²) in [6.07, 6.45) is 6.79. The van der Waals surface area contributed by atoms with E-state index in [4.69, 9.17) is 4.74 Å². The van der Waals surface area contributed by atoms with Gasteiger partial charge in [0.2, 0.25) is 0 Å². The summed E-state index contributed by atoms with van der Waals surface area (Å²) in [6, 6.07) is 18.0. The van der Waals surface area contributed by atoms with E-state index in [0.29, 0.717) is 6.42 Å². The molecule has 0 saturated carbocycles. The molecule has 0 amide bonds. The van der Waals surface area contributed by atoms with Gasteiger partial charge >= 0.3 is 0 Å². The third-order valence-corrected chi connectivity index (χ3v) is 4.53. The van der Waals surface area contributed by atoms with Gasteiger partial charge in [0.15, 0.2) is 0 Å². The molecule has 0 spiro atoms. The Hall–Kier alpha value is -2.61. The van der Waals surface area contributed by atoms with Crippen LogP contribution >= 0.6 is 0 Å². The topological polar surface area (TPSA) is 26.3 Å². The second-order valence-corrected chi connectivity index (χ2v) is 5.85. The van der Waals surface area contributed by atoms with Gasteiger partial charge in [-0.15, -0.1) is 0 Å².